The van der Waals surface area contributed by atoms with Gasteiger partial charge in [-0.3, -0.25) is 9.59 Å². The Balaban J connectivity index is 2.20. The number of hydrogen-bond donors (Lipinski definition) is 2. The second kappa shape index (κ2) is 9.71. The summed E-state index contributed by atoms with van der Waals surface area (Å²) in [6.07, 6.45) is -1.20. The number of para-hydroxylation sites is 1. The van der Waals surface area contributed by atoms with Gasteiger partial charge in [0.15, 0.2) is 5.78 Å². The van der Waals surface area contributed by atoms with E-state index in [1.165, 1.54) is 13.0 Å². The topological polar surface area (TPSA) is 84.5 Å². The van der Waals surface area contributed by atoms with Gasteiger partial charge in [0.05, 0.1) is 16.6 Å². The number of ether oxygens (including phenoxy) is 1. The summed E-state index contributed by atoms with van der Waals surface area (Å²) in [5.74, 6) is -1.88. The van der Waals surface area contributed by atoms with E-state index in [9.17, 15) is 18.8 Å². The summed E-state index contributed by atoms with van der Waals surface area (Å²) in [6, 6.07) is 9.99. The molecule has 2 aromatic rings. The molecular weight excluding hydrogens is 411 g/mol. The Morgan fingerprint density at radius 1 is 1.10 bits per heavy atom. The van der Waals surface area contributed by atoms with Crippen molar-refractivity contribution in [1.29, 1.82) is 0 Å². The van der Waals surface area contributed by atoms with E-state index in [-0.39, 0.29) is 16.1 Å². The standard InChI is InChI=1S/C22H24ClFN2O4/c1-13(25-21(29)30-22(2,3)4)18(27)12-15-17(24)11-10-16(23)19(15)20(28)26-14-8-6-5-7-9-14/h5-11,13H,12H2,1-4H3,(H,25,29)(H,26,28)/t13-/m0/s1. The van der Waals surface area contributed by atoms with Gasteiger partial charge >= 0.3 is 6.09 Å². The smallest absolute Gasteiger partial charge is 0.408 e. The molecule has 2 rings (SSSR count). The van der Waals surface area contributed by atoms with Crippen LogP contribution in [-0.4, -0.2) is 29.4 Å². The Kier molecular flexibility index (Phi) is 7.56. The number of carbonyl (C=O) groups excluding carboxylic acids is 3. The van der Waals surface area contributed by atoms with E-state index in [0.29, 0.717) is 5.69 Å². The number of nitrogens with one attached hydrogen (secondary N) is 2. The first kappa shape index (κ1) is 23.3. The molecule has 2 aromatic carbocycles. The third-order valence-electron chi connectivity index (χ3n) is 4.03. The summed E-state index contributed by atoms with van der Waals surface area (Å²) in [5.41, 5.74) is -0.494. The summed E-state index contributed by atoms with van der Waals surface area (Å²) >= 11 is 6.15. The lowest BCUT2D eigenvalue weighted by Gasteiger charge is -2.21. The molecule has 2 amide bonds. The average Bonchev–Trinajstić information content (AvgIpc) is 2.63. The SMILES string of the molecule is C[C@H](NC(=O)OC(C)(C)C)C(=O)Cc1c(F)ccc(Cl)c1C(=O)Nc1ccccc1. The minimum absolute atomic E-state index is 0.0142. The van der Waals surface area contributed by atoms with Gasteiger partial charge in [-0.2, -0.15) is 0 Å². The number of benzene rings is 2. The first-order valence-electron chi connectivity index (χ1n) is 9.33. The number of Topliss-reactive ketones (excluding diaryl/α,β-unsaturated/α-hetero) is 1. The maximum absolute atomic E-state index is 14.5. The molecule has 0 fully saturated rings. The zero-order valence-corrected chi connectivity index (χ0v) is 18.0. The van der Waals surface area contributed by atoms with Crippen molar-refractivity contribution in [3.05, 3.63) is 64.4 Å². The van der Waals surface area contributed by atoms with Gasteiger partial charge in [0.2, 0.25) is 0 Å². The molecule has 2 N–H and O–H groups in total. The number of anilines is 1. The predicted octanol–water partition coefficient (Wildman–Crippen LogP) is 4.76. The van der Waals surface area contributed by atoms with Gasteiger partial charge < -0.3 is 15.4 Å². The van der Waals surface area contributed by atoms with Crippen molar-refractivity contribution in [3.8, 4) is 0 Å². The molecule has 6 nitrogen and oxygen atoms in total. The molecule has 0 aromatic heterocycles. The van der Waals surface area contributed by atoms with Crippen molar-refractivity contribution < 1.29 is 23.5 Å². The fourth-order valence-electron chi connectivity index (χ4n) is 2.62. The lowest BCUT2D eigenvalue weighted by molar-refractivity contribution is -0.120. The Morgan fingerprint density at radius 3 is 2.33 bits per heavy atom. The van der Waals surface area contributed by atoms with Crippen LogP contribution in [-0.2, 0) is 16.0 Å². The van der Waals surface area contributed by atoms with Gasteiger partial charge in [-0.05, 0) is 52.0 Å². The number of hydrogen-bond acceptors (Lipinski definition) is 4. The van der Waals surface area contributed by atoms with Crippen LogP contribution in [0.5, 0.6) is 0 Å². The van der Waals surface area contributed by atoms with Crippen LogP contribution in [0.25, 0.3) is 0 Å². The largest absolute Gasteiger partial charge is 0.444 e. The van der Waals surface area contributed by atoms with Gasteiger partial charge in [0.25, 0.3) is 5.91 Å². The van der Waals surface area contributed by atoms with Gasteiger partial charge in [-0.15, -0.1) is 0 Å². The summed E-state index contributed by atoms with van der Waals surface area (Å²) in [4.78, 5) is 37.2. The van der Waals surface area contributed by atoms with Crippen LogP contribution in [0, 0.1) is 5.82 Å². The minimum Gasteiger partial charge on any atom is -0.444 e. The van der Waals surface area contributed by atoms with E-state index >= 15 is 0 Å². The lowest BCUT2D eigenvalue weighted by Crippen LogP contribution is -2.42. The maximum atomic E-state index is 14.5. The lowest BCUT2D eigenvalue weighted by atomic mass is 9.98. The molecule has 0 unspecified atom stereocenters. The molecule has 0 saturated heterocycles. The third kappa shape index (κ3) is 6.56. The Morgan fingerprint density at radius 2 is 1.73 bits per heavy atom. The summed E-state index contributed by atoms with van der Waals surface area (Å²) < 4.78 is 19.7. The highest BCUT2D eigenvalue weighted by Crippen LogP contribution is 2.25. The number of alkyl carbamates (subject to hydrolysis) is 1. The van der Waals surface area contributed by atoms with Gasteiger partial charge in [0.1, 0.15) is 11.4 Å². The molecule has 1 atom stereocenters. The zero-order valence-electron chi connectivity index (χ0n) is 17.2. The maximum Gasteiger partial charge on any atom is 0.408 e. The fourth-order valence-corrected chi connectivity index (χ4v) is 2.88. The van der Waals surface area contributed by atoms with Gasteiger partial charge in [0, 0.05) is 17.7 Å². The number of ketones is 1. The Bertz CT molecular complexity index is 942. The molecule has 0 aliphatic heterocycles. The Hall–Kier alpha value is -2.93. The van der Waals surface area contributed by atoms with Gasteiger partial charge in [-0.1, -0.05) is 29.8 Å². The molecule has 0 saturated carbocycles. The third-order valence-corrected chi connectivity index (χ3v) is 4.35. The first-order valence-corrected chi connectivity index (χ1v) is 9.71. The molecule has 0 aliphatic carbocycles. The summed E-state index contributed by atoms with van der Waals surface area (Å²) in [5, 5.41) is 5.06. The van der Waals surface area contributed by atoms with Crippen molar-refractivity contribution >= 4 is 35.1 Å². The highest BCUT2D eigenvalue weighted by Gasteiger charge is 2.25. The number of halogens is 2. The number of rotatable bonds is 6. The molecule has 0 spiro atoms. The van der Waals surface area contributed by atoms with Gasteiger partial charge in [-0.25, -0.2) is 9.18 Å². The quantitative estimate of drug-likeness (QED) is 0.686. The van der Waals surface area contributed by atoms with Crippen molar-refractivity contribution in [2.24, 2.45) is 0 Å². The van der Waals surface area contributed by atoms with Crippen LogP contribution in [0.3, 0.4) is 0 Å². The van der Waals surface area contributed by atoms with Crippen LogP contribution in [0.4, 0.5) is 14.9 Å². The van der Waals surface area contributed by atoms with E-state index in [4.69, 9.17) is 16.3 Å². The Labute approximate surface area is 179 Å². The first-order chi connectivity index (χ1) is 14.0. The van der Waals surface area contributed by atoms with Crippen molar-refractivity contribution in [2.45, 2.75) is 45.8 Å². The van der Waals surface area contributed by atoms with E-state index in [1.807, 2.05) is 0 Å². The predicted molar refractivity (Wildman–Crippen MR) is 113 cm³/mol. The summed E-state index contributed by atoms with van der Waals surface area (Å²) in [7, 11) is 0. The molecule has 160 valence electrons. The normalized spacial score (nSPS) is 12.1. The van der Waals surface area contributed by atoms with E-state index < -0.39 is 41.7 Å². The molecule has 0 bridgehead atoms. The van der Waals surface area contributed by atoms with E-state index in [1.54, 1.807) is 51.1 Å². The van der Waals surface area contributed by atoms with Crippen LogP contribution in [0.15, 0.2) is 42.5 Å². The van der Waals surface area contributed by atoms with E-state index in [2.05, 4.69) is 10.6 Å². The second-order valence-corrected chi connectivity index (χ2v) is 8.12. The van der Waals surface area contributed by atoms with Crippen molar-refractivity contribution in [2.75, 3.05) is 5.32 Å². The molecule has 0 heterocycles. The molecule has 8 heteroatoms. The molecule has 0 radical (unpaired) electrons. The summed E-state index contributed by atoms with van der Waals surface area (Å²) in [6.45, 7) is 6.53. The van der Waals surface area contributed by atoms with Crippen LogP contribution in [0.1, 0.15) is 43.6 Å². The fraction of sp³-hybridized carbons (Fsp3) is 0.318. The zero-order chi connectivity index (χ0) is 22.5. The molecule has 0 aliphatic rings. The second-order valence-electron chi connectivity index (χ2n) is 7.71. The van der Waals surface area contributed by atoms with E-state index in [0.717, 1.165) is 6.07 Å². The number of amides is 2. The highest BCUT2D eigenvalue weighted by atomic mass is 35.5. The van der Waals surface area contributed by atoms with Crippen molar-refractivity contribution in [1.82, 2.24) is 5.32 Å². The number of carbonyl (C=O) groups is 3. The highest BCUT2D eigenvalue weighted by molar-refractivity contribution is 6.34. The molecular formula is C22H24ClFN2O4. The van der Waals surface area contributed by atoms with Crippen molar-refractivity contribution in [3.63, 3.8) is 0 Å². The molecule has 30 heavy (non-hydrogen) atoms. The van der Waals surface area contributed by atoms with Crippen LogP contribution in [0.2, 0.25) is 5.02 Å². The monoisotopic (exact) mass is 434 g/mol. The van der Waals surface area contributed by atoms with Crippen LogP contribution >= 0.6 is 11.6 Å². The van der Waals surface area contributed by atoms with Crippen LogP contribution < -0.4 is 10.6 Å². The average molecular weight is 435 g/mol. The minimum atomic E-state index is -0.955.